The molecule has 0 aromatic carbocycles. The fourth-order valence-corrected chi connectivity index (χ4v) is 4.38. The number of likely N-dealkylation sites (tertiary alicyclic amines) is 2. The van der Waals surface area contributed by atoms with Crippen LogP contribution in [0.5, 0.6) is 0 Å². The molecule has 1 saturated carbocycles. The molecule has 3 fully saturated rings. The van der Waals surface area contributed by atoms with Crippen LogP contribution < -0.4 is 0 Å². The van der Waals surface area contributed by atoms with E-state index in [-0.39, 0.29) is 24.3 Å². The number of carbonyl (C=O) groups is 1. The lowest BCUT2D eigenvalue weighted by Crippen LogP contribution is -2.50. The first-order valence-corrected chi connectivity index (χ1v) is 10.0. The van der Waals surface area contributed by atoms with Crippen molar-refractivity contribution in [1.82, 2.24) is 9.80 Å². The van der Waals surface area contributed by atoms with Gasteiger partial charge in [-0.2, -0.15) is 0 Å². The minimum atomic E-state index is -0.0282. The van der Waals surface area contributed by atoms with E-state index in [9.17, 15) is 4.79 Å². The molecule has 0 radical (unpaired) electrons. The molecule has 2 aliphatic heterocycles. The Morgan fingerprint density at radius 2 is 1.72 bits per heavy atom. The van der Waals surface area contributed by atoms with E-state index in [1.807, 2.05) is 6.92 Å². The summed E-state index contributed by atoms with van der Waals surface area (Å²) in [5, 5.41) is 0. The highest BCUT2D eigenvalue weighted by atomic mass is 16.5. The van der Waals surface area contributed by atoms with Crippen molar-refractivity contribution in [2.45, 2.75) is 70.4 Å². The van der Waals surface area contributed by atoms with Crippen LogP contribution in [-0.4, -0.2) is 74.2 Å². The van der Waals surface area contributed by atoms with E-state index >= 15 is 0 Å². The van der Waals surface area contributed by atoms with Crippen molar-refractivity contribution in [3.8, 4) is 0 Å². The van der Waals surface area contributed by atoms with Gasteiger partial charge in [0.25, 0.3) is 0 Å². The van der Waals surface area contributed by atoms with Crippen LogP contribution in [0.15, 0.2) is 0 Å². The number of carbonyl (C=O) groups excluding carboxylic acids is 1. The van der Waals surface area contributed by atoms with Gasteiger partial charge in [0.05, 0.1) is 24.7 Å². The van der Waals surface area contributed by atoms with E-state index < -0.39 is 0 Å². The first-order valence-electron chi connectivity index (χ1n) is 10.0. The first kappa shape index (κ1) is 19.1. The summed E-state index contributed by atoms with van der Waals surface area (Å²) < 4.78 is 17.3. The van der Waals surface area contributed by atoms with Gasteiger partial charge in [-0.1, -0.05) is 0 Å². The number of rotatable bonds is 7. The molecule has 0 N–H and O–H groups in total. The van der Waals surface area contributed by atoms with Gasteiger partial charge in [-0.05, 0) is 51.9 Å². The Labute approximate surface area is 151 Å². The molecule has 1 unspecified atom stereocenters. The Balaban J connectivity index is 1.53. The van der Waals surface area contributed by atoms with Crippen molar-refractivity contribution in [1.29, 1.82) is 0 Å². The fourth-order valence-electron chi connectivity index (χ4n) is 4.38. The Hall–Kier alpha value is -0.690. The second kappa shape index (κ2) is 9.31. The molecule has 2 heterocycles. The third kappa shape index (κ3) is 4.94. The van der Waals surface area contributed by atoms with Gasteiger partial charge >= 0.3 is 5.97 Å². The maximum absolute atomic E-state index is 11.9. The topological polar surface area (TPSA) is 51.2 Å². The smallest absolute Gasteiger partial charge is 0.308 e. The van der Waals surface area contributed by atoms with E-state index in [0.717, 1.165) is 58.3 Å². The highest BCUT2D eigenvalue weighted by molar-refractivity contribution is 5.72. The zero-order chi connectivity index (χ0) is 17.6. The number of ether oxygens (including phenoxy) is 3. The molecule has 3 rings (SSSR count). The van der Waals surface area contributed by atoms with E-state index in [4.69, 9.17) is 14.2 Å². The van der Waals surface area contributed by atoms with Gasteiger partial charge in [-0.25, -0.2) is 0 Å². The number of hydrogen-bond donors (Lipinski definition) is 0. The van der Waals surface area contributed by atoms with Crippen LogP contribution in [-0.2, 0) is 19.0 Å². The highest BCUT2D eigenvalue weighted by Crippen LogP contribution is 2.30. The summed E-state index contributed by atoms with van der Waals surface area (Å²) in [6.45, 7) is 6.58. The normalized spacial score (nSPS) is 32.8. The van der Waals surface area contributed by atoms with Crippen molar-refractivity contribution in [3.63, 3.8) is 0 Å². The van der Waals surface area contributed by atoms with E-state index in [1.165, 1.54) is 12.8 Å². The van der Waals surface area contributed by atoms with Gasteiger partial charge in [-0.15, -0.1) is 0 Å². The summed E-state index contributed by atoms with van der Waals surface area (Å²) in [6, 6.07) is 0. The van der Waals surface area contributed by atoms with Crippen molar-refractivity contribution < 1.29 is 19.0 Å². The van der Waals surface area contributed by atoms with Gasteiger partial charge in [-0.3, -0.25) is 14.6 Å². The molecule has 2 atom stereocenters. The maximum Gasteiger partial charge on any atom is 0.308 e. The zero-order valence-electron chi connectivity index (χ0n) is 15.8. The van der Waals surface area contributed by atoms with Gasteiger partial charge in [0.15, 0.2) is 6.35 Å². The lowest BCUT2D eigenvalue weighted by atomic mass is 9.87. The van der Waals surface area contributed by atoms with Gasteiger partial charge in [0.1, 0.15) is 0 Å². The van der Waals surface area contributed by atoms with Crippen molar-refractivity contribution in [2.75, 3.05) is 39.9 Å². The van der Waals surface area contributed by atoms with Crippen LogP contribution in [0.4, 0.5) is 0 Å². The Morgan fingerprint density at radius 3 is 2.32 bits per heavy atom. The molecule has 3 aliphatic rings. The van der Waals surface area contributed by atoms with E-state index in [1.54, 1.807) is 7.11 Å². The van der Waals surface area contributed by atoms with Gasteiger partial charge in [0, 0.05) is 33.3 Å². The SMILES string of the molecule is CCOC(=O)C1CCC(OC(N2CCCC2)N2CC[C@H](OC)C2)CC1. The number of esters is 1. The van der Waals surface area contributed by atoms with Crippen LogP contribution in [0, 0.1) is 5.92 Å². The molecule has 25 heavy (non-hydrogen) atoms. The molecule has 1 aliphatic carbocycles. The molecule has 144 valence electrons. The molecule has 0 amide bonds. The predicted molar refractivity (Wildman–Crippen MR) is 95.0 cm³/mol. The average Bonchev–Trinajstić information content (AvgIpc) is 3.32. The quantitative estimate of drug-likeness (QED) is 0.654. The molecule has 0 aromatic rings. The van der Waals surface area contributed by atoms with E-state index in [0.29, 0.717) is 12.7 Å². The van der Waals surface area contributed by atoms with E-state index in [2.05, 4.69) is 9.80 Å². The molecule has 0 spiro atoms. The summed E-state index contributed by atoms with van der Waals surface area (Å²) in [5.74, 6) is 0.0363. The van der Waals surface area contributed by atoms with Crippen LogP contribution in [0.1, 0.15) is 51.9 Å². The maximum atomic E-state index is 11.9. The number of hydrogen-bond acceptors (Lipinski definition) is 6. The standard InChI is InChI=1S/C19H34N2O4/c1-3-24-18(22)15-6-8-16(9-7-15)25-19(20-11-4-5-12-20)21-13-10-17(14-21)23-2/h15-17,19H,3-14H2,1-2H3/t15?,16?,17-,19?/m0/s1. The summed E-state index contributed by atoms with van der Waals surface area (Å²) in [6.07, 6.45) is 7.93. The largest absolute Gasteiger partial charge is 0.466 e. The molecule has 0 bridgehead atoms. The molecule has 2 saturated heterocycles. The molecular weight excluding hydrogens is 320 g/mol. The van der Waals surface area contributed by atoms with Crippen molar-refractivity contribution in [3.05, 3.63) is 0 Å². The van der Waals surface area contributed by atoms with Gasteiger partial charge in [0.2, 0.25) is 0 Å². The Bertz CT molecular complexity index is 420. The third-order valence-corrected chi connectivity index (χ3v) is 5.88. The fraction of sp³-hybridized carbons (Fsp3) is 0.947. The van der Waals surface area contributed by atoms with Gasteiger partial charge < -0.3 is 14.2 Å². The minimum absolute atomic E-state index is 0.0282. The summed E-state index contributed by atoms with van der Waals surface area (Å²) >= 11 is 0. The van der Waals surface area contributed by atoms with Crippen molar-refractivity contribution >= 4 is 5.97 Å². The van der Waals surface area contributed by atoms with Crippen LogP contribution in [0.2, 0.25) is 0 Å². The third-order valence-electron chi connectivity index (χ3n) is 5.88. The lowest BCUT2D eigenvalue weighted by molar-refractivity contribution is -0.181. The minimum Gasteiger partial charge on any atom is -0.466 e. The zero-order valence-corrected chi connectivity index (χ0v) is 15.8. The second-order valence-electron chi connectivity index (χ2n) is 7.57. The summed E-state index contributed by atoms with van der Waals surface area (Å²) in [4.78, 5) is 16.8. The highest BCUT2D eigenvalue weighted by Gasteiger charge is 2.36. The molecular formula is C19H34N2O4. The Kier molecular flexibility index (Phi) is 7.10. The molecule has 6 nitrogen and oxygen atoms in total. The lowest BCUT2D eigenvalue weighted by Gasteiger charge is -2.39. The van der Waals surface area contributed by atoms with Crippen molar-refractivity contribution in [2.24, 2.45) is 5.92 Å². The molecule has 0 aromatic heterocycles. The molecule has 6 heteroatoms. The van der Waals surface area contributed by atoms with Crippen LogP contribution in [0.3, 0.4) is 0 Å². The average molecular weight is 354 g/mol. The first-order chi connectivity index (χ1) is 12.2. The summed E-state index contributed by atoms with van der Waals surface area (Å²) in [5.41, 5.74) is 0. The van der Waals surface area contributed by atoms with Crippen LogP contribution in [0.25, 0.3) is 0 Å². The predicted octanol–water partition coefficient (Wildman–Crippen LogP) is 2.23. The summed E-state index contributed by atoms with van der Waals surface area (Å²) in [7, 11) is 1.80. The number of nitrogens with zero attached hydrogens (tertiary/aromatic N) is 2. The monoisotopic (exact) mass is 354 g/mol. The Morgan fingerprint density at radius 1 is 1.00 bits per heavy atom. The second-order valence-corrected chi connectivity index (χ2v) is 7.57. The van der Waals surface area contributed by atoms with Crippen LogP contribution >= 0.6 is 0 Å². The number of methoxy groups -OCH3 is 1.